The summed E-state index contributed by atoms with van der Waals surface area (Å²) in [5, 5.41) is 3.77. The van der Waals surface area contributed by atoms with E-state index in [2.05, 4.69) is 17.4 Å². The van der Waals surface area contributed by atoms with Crippen LogP contribution in [0, 0.1) is 0 Å². The second-order valence-corrected chi connectivity index (χ2v) is 7.38. The van der Waals surface area contributed by atoms with Gasteiger partial charge in [0.25, 0.3) is 5.91 Å². The molecule has 2 aromatic rings. The van der Waals surface area contributed by atoms with Crippen molar-refractivity contribution < 1.29 is 14.3 Å². The number of benzene rings is 2. The Morgan fingerprint density at radius 3 is 2.44 bits per heavy atom. The normalized spacial score (nSPS) is 17.1. The summed E-state index contributed by atoms with van der Waals surface area (Å²) in [4.78, 5) is 12.8. The zero-order valence-corrected chi connectivity index (χ0v) is 16.4. The Bertz CT molecular complexity index is 727. The van der Waals surface area contributed by atoms with Crippen LogP contribution in [0.2, 0.25) is 5.02 Å². The highest BCUT2D eigenvalue weighted by Crippen LogP contribution is 2.34. The monoisotopic (exact) mass is 387 g/mol. The van der Waals surface area contributed by atoms with Gasteiger partial charge in [0.15, 0.2) is 6.10 Å². The molecule has 0 radical (unpaired) electrons. The van der Waals surface area contributed by atoms with Gasteiger partial charge in [-0.1, -0.05) is 48.9 Å². The molecule has 1 heterocycles. The van der Waals surface area contributed by atoms with Gasteiger partial charge in [-0.2, -0.15) is 0 Å². The third-order valence-corrected chi connectivity index (χ3v) is 5.44. The van der Waals surface area contributed by atoms with Gasteiger partial charge in [-0.15, -0.1) is 0 Å². The maximum absolute atomic E-state index is 12.8. The van der Waals surface area contributed by atoms with E-state index in [9.17, 15) is 4.79 Å². The highest BCUT2D eigenvalue weighted by molar-refractivity contribution is 6.30. The highest BCUT2D eigenvalue weighted by Gasteiger charge is 2.35. The Morgan fingerprint density at radius 2 is 1.81 bits per heavy atom. The largest absolute Gasteiger partial charge is 0.481 e. The second-order valence-electron chi connectivity index (χ2n) is 6.95. The lowest BCUT2D eigenvalue weighted by molar-refractivity contribution is -0.128. The number of amides is 1. The van der Waals surface area contributed by atoms with Gasteiger partial charge in [0.2, 0.25) is 0 Å². The molecule has 0 aliphatic carbocycles. The summed E-state index contributed by atoms with van der Waals surface area (Å²) in [6, 6.07) is 17.5. The average Bonchev–Trinajstić information content (AvgIpc) is 2.73. The summed E-state index contributed by atoms with van der Waals surface area (Å²) in [5.74, 6) is 0.555. The predicted molar refractivity (Wildman–Crippen MR) is 107 cm³/mol. The minimum atomic E-state index is -0.529. The molecule has 0 spiro atoms. The second kappa shape index (κ2) is 9.25. The van der Waals surface area contributed by atoms with Crippen molar-refractivity contribution in [3.8, 4) is 5.75 Å². The molecule has 3 rings (SSSR count). The number of halogens is 1. The molecule has 0 saturated carbocycles. The van der Waals surface area contributed by atoms with Crippen LogP contribution in [0.5, 0.6) is 5.75 Å². The topological polar surface area (TPSA) is 47.6 Å². The van der Waals surface area contributed by atoms with Gasteiger partial charge in [0.05, 0.1) is 0 Å². The van der Waals surface area contributed by atoms with Crippen LogP contribution in [0.25, 0.3) is 0 Å². The summed E-state index contributed by atoms with van der Waals surface area (Å²) < 4.78 is 11.4. The standard InChI is InChI=1S/C22H26ClNO3/c1-2-20(27-19-10-8-18(23)9-11-19)21(25)24-16-22(12-14-26-15-13-22)17-6-4-3-5-7-17/h3-11,20H,2,12-16H2,1H3,(H,24,25). The van der Waals surface area contributed by atoms with Crippen LogP contribution in [0.3, 0.4) is 0 Å². The van der Waals surface area contributed by atoms with Crippen LogP contribution >= 0.6 is 11.6 Å². The first kappa shape index (κ1) is 19.7. The minimum absolute atomic E-state index is 0.0887. The molecular formula is C22H26ClNO3. The van der Waals surface area contributed by atoms with E-state index >= 15 is 0 Å². The van der Waals surface area contributed by atoms with Crippen LogP contribution in [-0.4, -0.2) is 31.8 Å². The van der Waals surface area contributed by atoms with Crippen LogP contribution in [0.15, 0.2) is 54.6 Å². The van der Waals surface area contributed by atoms with E-state index in [1.54, 1.807) is 24.3 Å². The smallest absolute Gasteiger partial charge is 0.261 e. The zero-order valence-electron chi connectivity index (χ0n) is 15.6. The molecule has 27 heavy (non-hydrogen) atoms. The fraction of sp³-hybridized carbons (Fsp3) is 0.409. The number of hydrogen-bond donors (Lipinski definition) is 1. The van der Waals surface area contributed by atoms with E-state index in [-0.39, 0.29) is 11.3 Å². The van der Waals surface area contributed by atoms with Crippen molar-refractivity contribution in [2.24, 2.45) is 0 Å². The van der Waals surface area contributed by atoms with Gasteiger partial charge in [0, 0.05) is 30.2 Å². The van der Waals surface area contributed by atoms with Crippen LogP contribution in [0.4, 0.5) is 0 Å². The molecule has 1 N–H and O–H groups in total. The summed E-state index contributed by atoms with van der Waals surface area (Å²) >= 11 is 5.91. The summed E-state index contributed by atoms with van der Waals surface area (Å²) in [6.45, 7) is 3.95. The highest BCUT2D eigenvalue weighted by atomic mass is 35.5. The van der Waals surface area contributed by atoms with Crippen molar-refractivity contribution in [2.75, 3.05) is 19.8 Å². The number of carbonyl (C=O) groups is 1. The fourth-order valence-corrected chi connectivity index (χ4v) is 3.62. The summed E-state index contributed by atoms with van der Waals surface area (Å²) in [6.07, 6.45) is 1.85. The third kappa shape index (κ3) is 5.02. The molecule has 4 nitrogen and oxygen atoms in total. The van der Waals surface area contributed by atoms with Crippen molar-refractivity contribution in [2.45, 2.75) is 37.7 Å². The van der Waals surface area contributed by atoms with Crippen molar-refractivity contribution in [1.29, 1.82) is 0 Å². The van der Waals surface area contributed by atoms with E-state index < -0.39 is 6.10 Å². The Labute approximate surface area is 165 Å². The molecule has 1 fully saturated rings. The zero-order chi connectivity index (χ0) is 19.1. The van der Waals surface area contributed by atoms with Crippen molar-refractivity contribution in [3.05, 3.63) is 65.2 Å². The lowest BCUT2D eigenvalue weighted by Crippen LogP contribution is -2.48. The first-order valence-electron chi connectivity index (χ1n) is 9.46. The number of ether oxygens (including phenoxy) is 2. The summed E-state index contributed by atoms with van der Waals surface area (Å²) in [5.41, 5.74) is 1.16. The number of nitrogens with one attached hydrogen (secondary N) is 1. The van der Waals surface area contributed by atoms with Gasteiger partial charge in [-0.25, -0.2) is 0 Å². The molecule has 2 aromatic carbocycles. The van der Waals surface area contributed by atoms with E-state index in [0.29, 0.717) is 37.0 Å². The molecule has 5 heteroatoms. The van der Waals surface area contributed by atoms with Crippen molar-refractivity contribution in [3.63, 3.8) is 0 Å². The van der Waals surface area contributed by atoms with E-state index in [4.69, 9.17) is 21.1 Å². The number of rotatable bonds is 7. The quantitative estimate of drug-likeness (QED) is 0.767. The molecular weight excluding hydrogens is 362 g/mol. The first-order chi connectivity index (χ1) is 13.1. The van der Waals surface area contributed by atoms with E-state index in [1.807, 2.05) is 25.1 Å². The SMILES string of the molecule is CCC(Oc1ccc(Cl)cc1)C(=O)NCC1(c2ccccc2)CCOCC1. The Kier molecular flexibility index (Phi) is 6.75. The first-order valence-corrected chi connectivity index (χ1v) is 9.84. The Hall–Kier alpha value is -2.04. The fourth-order valence-electron chi connectivity index (χ4n) is 3.49. The van der Waals surface area contributed by atoms with Crippen molar-refractivity contribution >= 4 is 17.5 Å². The van der Waals surface area contributed by atoms with Crippen LogP contribution in [-0.2, 0) is 14.9 Å². The Balaban J connectivity index is 1.66. The lowest BCUT2D eigenvalue weighted by Gasteiger charge is -2.38. The molecule has 1 atom stereocenters. The van der Waals surface area contributed by atoms with Crippen LogP contribution in [0.1, 0.15) is 31.7 Å². The molecule has 1 aliphatic heterocycles. The maximum Gasteiger partial charge on any atom is 0.261 e. The van der Waals surface area contributed by atoms with Gasteiger partial charge in [0.1, 0.15) is 5.75 Å². The molecule has 1 saturated heterocycles. The summed E-state index contributed by atoms with van der Waals surface area (Å²) in [7, 11) is 0. The van der Waals surface area contributed by atoms with Gasteiger partial charge >= 0.3 is 0 Å². The van der Waals surface area contributed by atoms with Crippen molar-refractivity contribution in [1.82, 2.24) is 5.32 Å². The average molecular weight is 388 g/mol. The van der Waals surface area contributed by atoms with E-state index in [1.165, 1.54) is 5.56 Å². The molecule has 1 amide bonds. The number of carbonyl (C=O) groups excluding carboxylic acids is 1. The predicted octanol–water partition coefficient (Wildman–Crippen LogP) is 4.36. The molecule has 0 bridgehead atoms. The van der Waals surface area contributed by atoms with Gasteiger partial charge < -0.3 is 14.8 Å². The minimum Gasteiger partial charge on any atom is -0.481 e. The van der Waals surface area contributed by atoms with Crippen LogP contribution < -0.4 is 10.1 Å². The molecule has 1 aliphatic rings. The number of hydrogen-bond acceptors (Lipinski definition) is 3. The molecule has 1 unspecified atom stereocenters. The maximum atomic E-state index is 12.8. The van der Waals surface area contributed by atoms with Gasteiger partial charge in [-0.3, -0.25) is 4.79 Å². The third-order valence-electron chi connectivity index (χ3n) is 5.19. The molecule has 0 aromatic heterocycles. The lowest BCUT2D eigenvalue weighted by atomic mass is 9.74. The van der Waals surface area contributed by atoms with E-state index in [0.717, 1.165) is 12.8 Å². The van der Waals surface area contributed by atoms with Gasteiger partial charge in [-0.05, 0) is 49.1 Å². The Morgan fingerprint density at radius 1 is 1.15 bits per heavy atom. The molecule has 144 valence electrons.